The predicted octanol–water partition coefficient (Wildman–Crippen LogP) is 1.82. The molecule has 6 nitrogen and oxygen atoms in total. The number of halogens is 2. The van der Waals surface area contributed by atoms with Gasteiger partial charge in [0.05, 0.1) is 17.4 Å². The molecule has 0 aromatic heterocycles. The first-order chi connectivity index (χ1) is 9.35. The number of hydrogen-bond donors (Lipinski definition) is 3. The fourth-order valence-corrected chi connectivity index (χ4v) is 1.29. The fourth-order valence-electron chi connectivity index (χ4n) is 1.29. The summed E-state index contributed by atoms with van der Waals surface area (Å²) in [6.07, 6.45) is -0.242. The van der Waals surface area contributed by atoms with E-state index >= 15 is 0 Å². The van der Waals surface area contributed by atoms with Crippen molar-refractivity contribution in [3.05, 3.63) is 29.3 Å². The Balaban J connectivity index is 2.79. The second kappa shape index (κ2) is 6.80. The minimum atomic E-state index is -1.56. The topological polar surface area (TPSA) is 87.7 Å². The van der Waals surface area contributed by atoms with Gasteiger partial charge in [-0.15, -0.1) is 0 Å². The summed E-state index contributed by atoms with van der Waals surface area (Å²) in [5, 5.41) is 13.2. The predicted molar refractivity (Wildman–Crippen MR) is 66.8 cm³/mol. The number of carboxylic acids is 1. The Labute approximate surface area is 113 Å². The summed E-state index contributed by atoms with van der Waals surface area (Å²) in [6.45, 7) is 1.89. The van der Waals surface area contributed by atoms with E-state index in [9.17, 15) is 18.4 Å². The number of aromatic carboxylic acids is 1. The number of ether oxygens (including phenoxy) is 1. The summed E-state index contributed by atoms with van der Waals surface area (Å²) in [5.74, 6) is -3.84. The average molecular weight is 288 g/mol. The monoisotopic (exact) mass is 288 g/mol. The van der Waals surface area contributed by atoms with Gasteiger partial charge in [-0.05, 0) is 13.0 Å². The molecule has 3 N–H and O–H groups in total. The molecule has 0 saturated carbocycles. The average Bonchev–Trinajstić information content (AvgIpc) is 2.38. The summed E-state index contributed by atoms with van der Waals surface area (Å²) in [4.78, 5) is 22.2. The third-order valence-corrected chi connectivity index (χ3v) is 2.49. The van der Waals surface area contributed by atoms with Crippen LogP contribution < -0.4 is 10.6 Å². The first-order valence-electron chi connectivity index (χ1n) is 5.65. The number of carboxylic acid groups (broad SMARTS) is 1. The second-order valence-corrected chi connectivity index (χ2v) is 4.00. The van der Waals surface area contributed by atoms with E-state index < -0.39 is 34.9 Å². The molecular weight excluding hydrogens is 274 g/mol. The number of methoxy groups -OCH3 is 1. The van der Waals surface area contributed by atoms with Crippen molar-refractivity contribution < 1.29 is 28.2 Å². The number of amides is 2. The van der Waals surface area contributed by atoms with Gasteiger partial charge in [-0.2, -0.15) is 0 Å². The number of nitrogens with one attached hydrogen (secondary N) is 2. The molecule has 8 heteroatoms. The van der Waals surface area contributed by atoms with Crippen molar-refractivity contribution in [3.8, 4) is 0 Å². The molecule has 0 aliphatic rings. The molecule has 0 aliphatic heterocycles. The maximum Gasteiger partial charge on any atom is 0.338 e. The van der Waals surface area contributed by atoms with Crippen molar-refractivity contribution in [2.75, 3.05) is 19.0 Å². The zero-order valence-corrected chi connectivity index (χ0v) is 10.9. The van der Waals surface area contributed by atoms with E-state index in [2.05, 4.69) is 10.6 Å². The third kappa shape index (κ3) is 4.16. The molecule has 0 radical (unpaired) electrons. The van der Waals surface area contributed by atoms with Gasteiger partial charge >= 0.3 is 12.0 Å². The normalized spacial score (nSPS) is 11.8. The van der Waals surface area contributed by atoms with Crippen molar-refractivity contribution in [1.82, 2.24) is 5.32 Å². The Morgan fingerprint density at radius 2 is 2.00 bits per heavy atom. The second-order valence-electron chi connectivity index (χ2n) is 4.00. The Hall–Kier alpha value is -2.22. The summed E-state index contributed by atoms with van der Waals surface area (Å²) in [6, 6.07) is 0.360. The lowest BCUT2D eigenvalue weighted by Gasteiger charge is -2.12. The van der Waals surface area contributed by atoms with E-state index in [4.69, 9.17) is 9.84 Å². The number of urea groups is 1. The van der Waals surface area contributed by atoms with Crippen molar-refractivity contribution in [2.45, 2.75) is 13.0 Å². The Kier molecular flexibility index (Phi) is 5.39. The molecule has 1 rings (SSSR count). The van der Waals surface area contributed by atoms with Gasteiger partial charge in [0, 0.05) is 19.7 Å². The van der Waals surface area contributed by atoms with Gasteiger partial charge in [0.25, 0.3) is 0 Å². The first-order valence-corrected chi connectivity index (χ1v) is 5.65. The SMILES string of the molecule is COC(C)CNC(=O)Nc1cc(C(=O)O)c(F)cc1F. The summed E-state index contributed by atoms with van der Waals surface area (Å²) >= 11 is 0. The van der Waals surface area contributed by atoms with E-state index in [0.29, 0.717) is 12.1 Å². The fraction of sp³-hybridized carbons (Fsp3) is 0.333. The van der Waals surface area contributed by atoms with Gasteiger partial charge in [-0.1, -0.05) is 0 Å². The van der Waals surface area contributed by atoms with Crippen LogP contribution in [-0.2, 0) is 4.74 Å². The molecule has 1 atom stereocenters. The molecule has 1 aromatic carbocycles. The molecule has 2 amide bonds. The highest BCUT2D eigenvalue weighted by Crippen LogP contribution is 2.19. The molecular formula is C12H14F2N2O4. The lowest BCUT2D eigenvalue weighted by molar-refractivity contribution is 0.0692. The van der Waals surface area contributed by atoms with Crippen LogP contribution in [0.5, 0.6) is 0 Å². The molecule has 20 heavy (non-hydrogen) atoms. The summed E-state index contributed by atoms with van der Waals surface area (Å²) in [7, 11) is 1.46. The van der Waals surface area contributed by atoms with Crippen molar-refractivity contribution in [3.63, 3.8) is 0 Å². The van der Waals surface area contributed by atoms with Gasteiger partial charge in [0.2, 0.25) is 0 Å². The van der Waals surface area contributed by atoms with E-state index in [-0.39, 0.29) is 12.6 Å². The largest absolute Gasteiger partial charge is 0.478 e. The first kappa shape index (κ1) is 15.8. The minimum absolute atomic E-state index is 0.178. The molecule has 0 fully saturated rings. The standard InChI is InChI=1S/C12H14F2N2O4/c1-6(20-2)5-15-12(19)16-10-3-7(11(17)18)8(13)4-9(10)14/h3-4,6H,5H2,1-2H3,(H,17,18)(H2,15,16,19). The number of anilines is 1. The number of carbonyl (C=O) groups is 2. The minimum Gasteiger partial charge on any atom is -0.478 e. The maximum absolute atomic E-state index is 13.4. The zero-order valence-electron chi connectivity index (χ0n) is 10.9. The van der Waals surface area contributed by atoms with E-state index in [0.717, 1.165) is 0 Å². The number of benzene rings is 1. The molecule has 0 saturated heterocycles. The van der Waals surface area contributed by atoms with Crippen molar-refractivity contribution in [2.24, 2.45) is 0 Å². The van der Waals surface area contributed by atoms with Crippen LogP contribution >= 0.6 is 0 Å². The van der Waals surface area contributed by atoms with Crippen molar-refractivity contribution >= 4 is 17.7 Å². The molecule has 0 bridgehead atoms. The van der Waals surface area contributed by atoms with Gasteiger partial charge in [0.1, 0.15) is 11.6 Å². The maximum atomic E-state index is 13.4. The molecule has 1 aromatic rings. The Morgan fingerprint density at radius 1 is 1.35 bits per heavy atom. The lowest BCUT2D eigenvalue weighted by Crippen LogP contribution is -2.35. The van der Waals surface area contributed by atoms with Gasteiger partial charge in [0.15, 0.2) is 0 Å². The van der Waals surface area contributed by atoms with Crippen LogP contribution in [0.15, 0.2) is 12.1 Å². The van der Waals surface area contributed by atoms with Crippen LogP contribution in [0.25, 0.3) is 0 Å². The lowest BCUT2D eigenvalue weighted by atomic mass is 10.2. The highest BCUT2D eigenvalue weighted by Gasteiger charge is 2.16. The Bertz CT molecular complexity index is 522. The highest BCUT2D eigenvalue weighted by molar-refractivity contribution is 5.93. The van der Waals surface area contributed by atoms with Crippen LogP contribution in [0.1, 0.15) is 17.3 Å². The summed E-state index contributed by atoms with van der Waals surface area (Å²) < 4.78 is 31.5. The van der Waals surface area contributed by atoms with E-state index in [1.54, 1.807) is 6.92 Å². The number of carbonyl (C=O) groups excluding carboxylic acids is 1. The number of hydrogen-bond acceptors (Lipinski definition) is 3. The van der Waals surface area contributed by atoms with Crippen LogP contribution in [-0.4, -0.2) is 36.9 Å². The Morgan fingerprint density at radius 3 is 2.55 bits per heavy atom. The van der Waals surface area contributed by atoms with Crippen molar-refractivity contribution in [1.29, 1.82) is 0 Å². The van der Waals surface area contributed by atoms with Crippen LogP contribution in [0.3, 0.4) is 0 Å². The van der Waals surface area contributed by atoms with Crippen LogP contribution in [0.4, 0.5) is 19.3 Å². The molecule has 0 heterocycles. The molecule has 0 aliphatic carbocycles. The van der Waals surface area contributed by atoms with E-state index in [1.807, 2.05) is 0 Å². The van der Waals surface area contributed by atoms with Gasteiger partial charge in [-0.3, -0.25) is 0 Å². The smallest absolute Gasteiger partial charge is 0.338 e. The molecule has 1 unspecified atom stereocenters. The van der Waals surface area contributed by atoms with E-state index in [1.165, 1.54) is 7.11 Å². The highest BCUT2D eigenvalue weighted by atomic mass is 19.1. The zero-order chi connectivity index (χ0) is 15.3. The quantitative estimate of drug-likeness (QED) is 0.771. The number of rotatable bonds is 5. The van der Waals surface area contributed by atoms with Crippen LogP contribution in [0, 0.1) is 11.6 Å². The van der Waals surface area contributed by atoms with Crippen LogP contribution in [0.2, 0.25) is 0 Å². The molecule has 0 spiro atoms. The summed E-state index contributed by atoms with van der Waals surface area (Å²) in [5.41, 5.74) is -1.15. The molecule has 110 valence electrons. The third-order valence-electron chi connectivity index (χ3n) is 2.49. The van der Waals surface area contributed by atoms with Gasteiger partial charge in [-0.25, -0.2) is 18.4 Å². The van der Waals surface area contributed by atoms with Gasteiger partial charge < -0.3 is 20.5 Å².